The summed E-state index contributed by atoms with van der Waals surface area (Å²) in [6, 6.07) is 8.64. The summed E-state index contributed by atoms with van der Waals surface area (Å²) in [5.74, 6) is 0.196. The molecule has 0 spiro atoms. The number of rotatable bonds is 6. The summed E-state index contributed by atoms with van der Waals surface area (Å²) in [6.45, 7) is 3.74. The lowest BCUT2D eigenvalue weighted by atomic mass is 9.97. The molecule has 2 saturated heterocycles. The molecule has 1 aromatic heterocycles. The number of aliphatic hydroxyl groups excluding tert-OH is 1. The van der Waals surface area contributed by atoms with Crippen molar-refractivity contribution in [2.75, 3.05) is 42.6 Å². The molecule has 2 aliphatic rings. The second kappa shape index (κ2) is 8.55. The second-order valence-electron chi connectivity index (χ2n) is 8.04. The summed E-state index contributed by atoms with van der Waals surface area (Å²) in [6.07, 6.45) is 4.15. The number of piperidine rings is 1. The standard InChI is InChI=1S/C22H28FN3O3/c1-24-11-18(5-6-21(24)28)25-9-7-16(8-10-25)15-29-19-12-26(13-19)20-4-2-3-17(14-27)22(20)23/h2-6,11,16,19,27H,7-10,12-15H2,1H3. The number of halogens is 1. The van der Waals surface area contributed by atoms with Gasteiger partial charge in [0.25, 0.3) is 0 Å². The largest absolute Gasteiger partial charge is 0.392 e. The van der Waals surface area contributed by atoms with E-state index >= 15 is 0 Å². The number of hydrogen-bond acceptors (Lipinski definition) is 5. The van der Waals surface area contributed by atoms with E-state index in [4.69, 9.17) is 4.74 Å². The molecule has 2 aromatic rings. The van der Waals surface area contributed by atoms with Crippen LogP contribution in [0.1, 0.15) is 18.4 Å². The SMILES string of the molecule is Cn1cc(N2CCC(COC3CN(c4cccc(CO)c4F)C3)CC2)ccc1=O. The Bertz CT molecular complexity index is 902. The predicted molar refractivity (Wildman–Crippen MR) is 111 cm³/mol. The quantitative estimate of drug-likeness (QED) is 0.804. The number of anilines is 2. The molecule has 0 bridgehead atoms. The molecule has 1 N–H and O–H groups in total. The third-order valence-corrected chi connectivity index (χ3v) is 6.03. The summed E-state index contributed by atoms with van der Waals surface area (Å²) >= 11 is 0. The predicted octanol–water partition coefficient (Wildman–Crippen LogP) is 2.14. The van der Waals surface area contributed by atoms with Crippen molar-refractivity contribution in [1.82, 2.24) is 4.57 Å². The molecule has 0 amide bonds. The van der Waals surface area contributed by atoms with E-state index < -0.39 is 0 Å². The molecule has 6 nitrogen and oxygen atoms in total. The van der Waals surface area contributed by atoms with Crippen LogP contribution in [-0.4, -0.2) is 48.6 Å². The lowest BCUT2D eigenvalue weighted by molar-refractivity contribution is 0.00807. The smallest absolute Gasteiger partial charge is 0.250 e. The van der Waals surface area contributed by atoms with Gasteiger partial charge in [0.05, 0.1) is 30.7 Å². The lowest BCUT2D eigenvalue weighted by Crippen LogP contribution is -2.53. The number of aromatic nitrogens is 1. The maximum Gasteiger partial charge on any atom is 0.250 e. The number of hydrogen-bond donors (Lipinski definition) is 1. The van der Waals surface area contributed by atoms with E-state index in [1.54, 1.807) is 35.9 Å². The van der Waals surface area contributed by atoms with Gasteiger partial charge in [0.15, 0.2) is 5.82 Å². The van der Waals surface area contributed by atoms with Gasteiger partial charge in [0.1, 0.15) is 0 Å². The highest BCUT2D eigenvalue weighted by Gasteiger charge is 2.31. The Labute approximate surface area is 170 Å². The molecule has 29 heavy (non-hydrogen) atoms. The number of nitrogens with zero attached hydrogens (tertiary/aromatic N) is 3. The van der Waals surface area contributed by atoms with Gasteiger partial charge >= 0.3 is 0 Å². The minimum atomic E-state index is -0.334. The highest BCUT2D eigenvalue weighted by Crippen LogP contribution is 2.29. The molecule has 7 heteroatoms. The van der Waals surface area contributed by atoms with Crippen LogP contribution in [0.25, 0.3) is 0 Å². The molecule has 2 aliphatic heterocycles. The van der Waals surface area contributed by atoms with Crippen molar-refractivity contribution in [2.24, 2.45) is 13.0 Å². The van der Waals surface area contributed by atoms with E-state index in [9.17, 15) is 14.3 Å². The fourth-order valence-corrected chi connectivity index (χ4v) is 4.07. The topological polar surface area (TPSA) is 57.9 Å². The molecule has 3 heterocycles. The average Bonchev–Trinajstić information content (AvgIpc) is 2.70. The van der Waals surface area contributed by atoms with Crippen molar-refractivity contribution < 1.29 is 14.2 Å². The summed E-state index contributed by atoms with van der Waals surface area (Å²) in [5.41, 5.74) is 1.97. The summed E-state index contributed by atoms with van der Waals surface area (Å²) in [5, 5.41) is 9.21. The van der Waals surface area contributed by atoms with Gasteiger partial charge in [0.2, 0.25) is 5.56 Å². The van der Waals surface area contributed by atoms with Crippen LogP contribution >= 0.6 is 0 Å². The van der Waals surface area contributed by atoms with Crippen LogP contribution < -0.4 is 15.4 Å². The Hall–Kier alpha value is -2.38. The minimum Gasteiger partial charge on any atom is -0.392 e. The van der Waals surface area contributed by atoms with Gasteiger partial charge in [-0.3, -0.25) is 4.79 Å². The number of benzene rings is 1. The van der Waals surface area contributed by atoms with Gasteiger partial charge in [-0.25, -0.2) is 4.39 Å². The summed E-state index contributed by atoms with van der Waals surface area (Å²) in [7, 11) is 1.78. The highest BCUT2D eigenvalue weighted by atomic mass is 19.1. The van der Waals surface area contributed by atoms with Crippen LogP contribution in [0.3, 0.4) is 0 Å². The van der Waals surface area contributed by atoms with E-state index in [1.807, 2.05) is 17.2 Å². The Kier molecular flexibility index (Phi) is 5.87. The van der Waals surface area contributed by atoms with Gasteiger partial charge in [-0.2, -0.15) is 0 Å². The number of pyridine rings is 1. The van der Waals surface area contributed by atoms with Gasteiger partial charge in [-0.15, -0.1) is 0 Å². The first-order valence-corrected chi connectivity index (χ1v) is 10.2. The van der Waals surface area contributed by atoms with E-state index in [1.165, 1.54) is 0 Å². The maximum absolute atomic E-state index is 14.3. The molecule has 2 fully saturated rings. The van der Waals surface area contributed by atoms with Gasteiger partial charge < -0.3 is 24.2 Å². The van der Waals surface area contributed by atoms with Crippen molar-refractivity contribution in [3.05, 3.63) is 58.3 Å². The molecule has 0 aliphatic carbocycles. The number of ether oxygens (including phenoxy) is 1. The zero-order valence-corrected chi connectivity index (χ0v) is 16.8. The van der Waals surface area contributed by atoms with Crippen LogP contribution in [0.4, 0.5) is 15.8 Å². The van der Waals surface area contributed by atoms with Gasteiger partial charge in [0, 0.05) is 51.1 Å². The van der Waals surface area contributed by atoms with Crippen molar-refractivity contribution in [1.29, 1.82) is 0 Å². The monoisotopic (exact) mass is 401 g/mol. The number of aryl methyl sites for hydroxylation is 1. The maximum atomic E-state index is 14.3. The molecule has 0 saturated carbocycles. The molecule has 156 valence electrons. The van der Waals surface area contributed by atoms with E-state index in [0.29, 0.717) is 30.3 Å². The van der Waals surface area contributed by atoms with Crippen LogP contribution in [-0.2, 0) is 18.4 Å². The minimum absolute atomic E-state index is 0.00884. The normalized spacial score (nSPS) is 18.2. The first-order chi connectivity index (χ1) is 14.0. The summed E-state index contributed by atoms with van der Waals surface area (Å²) in [4.78, 5) is 15.8. The first-order valence-electron chi connectivity index (χ1n) is 10.2. The fraction of sp³-hybridized carbons (Fsp3) is 0.500. The zero-order chi connectivity index (χ0) is 20.4. The average molecular weight is 401 g/mol. The Morgan fingerprint density at radius 1 is 1.14 bits per heavy atom. The molecule has 4 rings (SSSR count). The van der Waals surface area contributed by atoms with Crippen molar-refractivity contribution in [3.63, 3.8) is 0 Å². The van der Waals surface area contributed by atoms with Crippen molar-refractivity contribution in [2.45, 2.75) is 25.6 Å². The van der Waals surface area contributed by atoms with Crippen molar-refractivity contribution in [3.8, 4) is 0 Å². The second-order valence-corrected chi connectivity index (χ2v) is 8.04. The van der Waals surface area contributed by atoms with Gasteiger partial charge in [-0.05, 0) is 30.9 Å². The molecular formula is C22H28FN3O3. The summed E-state index contributed by atoms with van der Waals surface area (Å²) < 4.78 is 22.0. The van der Waals surface area contributed by atoms with Crippen LogP contribution in [0.5, 0.6) is 0 Å². The highest BCUT2D eigenvalue weighted by molar-refractivity contribution is 5.52. The van der Waals surface area contributed by atoms with Gasteiger partial charge in [-0.1, -0.05) is 12.1 Å². The van der Waals surface area contributed by atoms with E-state index in [0.717, 1.165) is 38.2 Å². The molecule has 0 atom stereocenters. The fourth-order valence-electron chi connectivity index (χ4n) is 4.07. The lowest BCUT2D eigenvalue weighted by Gasteiger charge is -2.42. The molecule has 0 radical (unpaired) electrons. The molecule has 1 aromatic carbocycles. The zero-order valence-electron chi connectivity index (χ0n) is 16.8. The van der Waals surface area contributed by atoms with Crippen molar-refractivity contribution >= 4 is 11.4 Å². The first kappa shape index (κ1) is 19.9. The van der Waals surface area contributed by atoms with E-state index in [-0.39, 0.29) is 24.1 Å². The molecule has 0 unspecified atom stereocenters. The van der Waals surface area contributed by atoms with Crippen LogP contribution in [0, 0.1) is 11.7 Å². The number of aliphatic hydroxyl groups is 1. The Morgan fingerprint density at radius 2 is 1.90 bits per heavy atom. The Morgan fingerprint density at radius 3 is 2.59 bits per heavy atom. The van der Waals surface area contributed by atoms with E-state index in [2.05, 4.69) is 4.90 Å². The Balaban J connectivity index is 1.21. The van der Waals surface area contributed by atoms with Crippen LogP contribution in [0.15, 0.2) is 41.3 Å². The molecular weight excluding hydrogens is 373 g/mol. The third kappa shape index (κ3) is 4.31. The third-order valence-electron chi connectivity index (χ3n) is 6.03. The van der Waals surface area contributed by atoms with Crippen LogP contribution in [0.2, 0.25) is 0 Å².